The van der Waals surface area contributed by atoms with Crippen molar-refractivity contribution in [3.05, 3.63) is 113 Å². The molecule has 0 fully saturated rings. The zero-order valence-corrected chi connectivity index (χ0v) is 22.3. The molecule has 198 valence electrons. The van der Waals surface area contributed by atoms with E-state index in [-0.39, 0.29) is 17.4 Å². The van der Waals surface area contributed by atoms with Crippen LogP contribution in [0.4, 0.5) is 5.69 Å². The van der Waals surface area contributed by atoms with Crippen molar-refractivity contribution in [1.82, 2.24) is 4.90 Å². The lowest BCUT2D eigenvalue weighted by atomic mass is 9.97. The Kier molecular flexibility index (Phi) is 6.07. The summed E-state index contributed by atoms with van der Waals surface area (Å²) in [6, 6.07) is 24.8. The van der Waals surface area contributed by atoms with Crippen LogP contribution in [0.25, 0.3) is 11.1 Å². The van der Waals surface area contributed by atoms with Crippen molar-refractivity contribution >= 4 is 29.3 Å². The number of ether oxygens (including phenoxy) is 1. The van der Waals surface area contributed by atoms with Crippen LogP contribution in [0.2, 0.25) is 0 Å². The molecule has 0 saturated heterocycles. The van der Waals surface area contributed by atoms with Gasteiger partial charge >= 0.3 is 0 Å². The van der Waals surface area contributed by atoms with Gasteiger partial charge in [0.1, 0.15) is 11.5 Å². The first-order valence-electron chi connectivity index (χ1n) is 13.2. The lowest BCUT2D eigenvalue weighted by Crippen LogP contribution is -2.29. The summed E-state index contributed by atoms with van der Waals surface area (Å²) in [5, 5.41) is 0. The molecule has 0 atom stereocenters. The van der Waals surface area contributed by atoms with E-state index in [0.29, 0.717) is 57.5 Å². The van der Waals surface area contributed by atoms with Crippen molar-refractivity contribution in [3.63, 3.8) is 0 Å². The molecule has 40 heavy (non-hydrogen) atoms. The van der Waals surface area contributed by atoms with Crippen LogP contribution >= 0.6 is 0 Å². The van der Waals surface area contributed by atoms with Gasteiger partial charge in [0.2, 0.25) is 0 Å². The molecule has 4 aromatic carbocycles. The maximum atomic E-state index is 13.4. The summed E-state index contributed by atoms with van der Waals surface area (Å²) >= 11 is 0. The molecule has 7 heteroatoms. The van der Waals surface area contributed by atoms with Crippen molar-refractivity contribution in [2.45, 2.75) is 26.7 Å². The van der Waals surface area contributed by atoms with Gasteiger partial charge in [-0.05, 0) is 90.2 Å². The van der Waals surface area contributed by atoms with E-state index < -0.39 is 11.8 Å². The average molecular weight is 531 g/mol. The highest BCUT2D eigenvalue weighted by Gasteiger charge is 2.38. The molecule has 4 amide bonds. The molecule has 2 aliphatic rings. The number of anilines is 1. The minimum absolute atomic E-state index is 0.283. The maximum absolute atomic E-state index is 13.4. The van der Waals surface area contributed by atoms with E-state index in [4.69, 9.17) is 4.74 Å². The predicted octanol–water partition coefficient (Wildman–Crippen LogP) is 6.69. The van der Waals surface area contributed by atoms with Crippen molar-refractivity contribution in [2.24, 2.45) is 0 Å². The first-order valence-corrected chi connectivity index (χ1v) is 13.2. The lowest BCUT2D eigenvalue weighted by Gasteiger charge is -2.15. The van der Waals surface area contributed by atoms with Crippen LogP contribution in [0.15, 0.2) is 84.9 Å². The minimum atomic E-state index is -0.427. The quantitative estimate of drug-likeness (QED) is 0.260. The molecule has 4 aromatic rings. The molecule has 0 saturated carbocycles. The van der Waals surface area contributed by atoms with Gasteiger partial charge in [-0.15, -0.1) is 0 Å². The highest BCUT2D eigenvalue weighted by Crippen LogP contribution is 2.35. The van der Waals surface area contributed by atoms with Crippen molar-refractivity contribution in [2.75, 3.05) is 11.4 Å². The zero-order chi connectivity index (χ0) is 28.1. The van der Waals surface area contributed by atoms with Gasteiger partial charge in [0.25, 0.3) is 23.6 Å². The molecule has 0 bridgehead atoms. The summed E-state index contributed by atoms with van der Waals surface area (Å²) in [5.74, 6) is 0.251. The van der Waals surface area contributed by atoms with Gasteiger partial charge in [0.15, 0.2) is 0 Å². The normalized spacial score (nSPS) is 14.3. The van der Waals surface area contributed by atoms with E-state index >= 15 is 0 Å². The molecule has 2 aliphatic heterocycles. The van der Waals surface area contributed by atoms with Crippen LogP contribution in [0.3, 0.4) is 0 Å². The molecular formula is C33H26N2O5. The molecule has 0 N–H and O–H groups in total. The van der Waals surface area contributed by atoms with Gasteiger partial charge in [0.05, 0.1) is 27.9 Å². The number of fused-ring (bicyclic) bond motifs is 2. The third-order valence-electron chi connectivity index (χ3n) is 7.38. The minimum Gasteiger partial charge on any atom is -0.457 e. The Hall–Kier alpha value is -5.04. The molecule has 2 heterocycles. The highest BCUT2D eigenvalue weighted by molar-refractivity contribution is 6.34. The predicted molar refractivity (Wildman–Crippen MR) is 151 cm³/mol. The molecule has 0 radical (unpaired) electrons. The number of amides is 4. The van der Waals surface area contributed by atoms with Crippen molar-refractivity contribution < 1.29 is 23.9 Å². The molecular weight excluding hydrogens is 504 g/mol. The lowest BCUT2D eigenvalue weighted by molar-refractivity contribution is 0.0662. The Morgan fingerprint density at radius 3 is 1.62 bits per heavy atom. The van der Waals surface area contributed by atoms with Gasteiger partial charge in [-0.2, -0.15) is 0 Å². The Morgan fingerprint density at radius 1 is 0.600 bits per heavy atom. The second kappa shape index (κ2) is 9.61. The SMILES string of the molecule is CCN1C(=O)c2ccc(-c3ccc4c(c3)C(=O)N(c3ccc(Oc5ccc(C(C)C)cc5)cc3)C4=O)cc2C1=O. The number of hydrogen-bond acceptors (Lipinski definition) is 5. The van der Waals surface area contributed by atoms with E-state index in [2.05, 4.69) is 13.8 Å². The van der Waals surface area contributed by atoms with Gasteiger partial charge in [-0.25, -0.2) is 4.90 Å². The standard InChI is InChI=1S/C33H26N2O5/c1-4-34-30(36)26-15-7-21(17-28(26)31(34)37)22-8-16-27-29(18-22)33(39)35(32(27)38)23-9-13-25(14-10-23)40-24-11-5-20(6-12-24)19(2)3/h5-19H,4H2,1-3H3. The Morgan fingerprint density at radius 2 is 1.07 bits per heavy atom. The molecule has 0 aliphatic carbocycles. The van der Waals surface area contributed by atoms with Crippen molar-refractivity contribution in [3.8, 4) is 22.6 Å². The van der Waals surface area contributed by atoms with E-state index in [1.807, 2.05) is 24.3 Å². The number of hydrogen-bond donors (Lipinski definition) is 0. The Bertz CT molecular complexity index is 1700. The van der Waals surface area contributed by atoms with Crippen LogP contribution in [0.1, 0.15) is 73.7 Å². The van der Waals surface area contributed by atoms with Crippen LogP contribution in [0.5, 0.6) is 11.5 Å². The van der Waals surface area contributed by atoms with Crippen LogP contribution in [-0.2, 0) is 0 Å². The third-order valence-corrected chi connectivity index (χ3v) is 7.38. The monoisotopic (exact) mass is 530 g/mol. The van der Waals surface area contributed by atoms with Crippen LogP contribution in [0, 0.1) is 0 Å². The summed E-state index contributed by atoms with van der Waals surface area (Å²) in [6.45, 7) is 6.31. The second-order valence-electron chi connectivity index (χ2n) is 10.1. The smallest absolute Gasteiger partial charge is 0.266 e. The number of rotatable bonds is 6. The summed E-state index contributed by atoms with van der Waals surface area (Å²) in [6.07, 6.45) is 0. The van der Waals surface area contributed by atoms with Crippen molar-refractivity contribution in [1.29, 1.82) is 0 Å². The summed E-state index contributed by atoms with van der Waals surface area (Å²) in [7, 11) is 0. The molecule has 0 unspecified atom stereocenters. The van der Waals surface area contributed by atoms with E-state index in [0.717, 1.165) is 4.90 Å². The molecule has 7 nitrogen and oxygen atoms in total. The van der Waals surface area contributed by atoms with Gasteiger partial charge in [0, 0.05) is 6.54 Å². The van der Waals surface area contributed by atoms with Gasteiger partial charge in [-0.3, -0.25) is 24.1 Å². The van der Waals surface area contributed by atoms with E-state index in [1.54, 1.807) is 67.6 Å². The Balaban J connectivity index is 1.24. The number of nitrogens with zero attached hydrogens (tertiary/aromatic N) is 2. The number of imide groups is 2. The first kappa shape index (κ1) is 25.2. The fraction of sp³-hybridized carbons (Fsp3) is 0.152. The summed E-state index contributed by atoms with van der Waals surface area (Å²) in [5.41, 5.74) is 4.32. The van der Waals surface area contributed by atoms with E-state index in [1.165, 1.54) is 10.5 Å². The van der Waals surface area contributed by atoms with Gasteiger partial charge < -0.3 is 4.74 Å². The first-order chi connectivity index (χ1) is 19.3. The van der Waals surface area contributed by atoms with Crippen LogP contribution in [-0.4, -0.2) is 35.1 Å². The summed E-state index contributed by atoms with van der Waals surface area (Å²) in [4.78, 5) is 54.1. The van der Waals surface area contributed by atoms with Gasteiger partial charge in [-0.1, -0.05) is 38.1 Å². The topological polar surface area (TPSA) is 84.0 Å². The Labute approximate surface area is 231 Å². The number of carbonyl (C=O) groups is 4. The fourth-order valence-corrected chi connectivity index (χ4v) is 5.13. The summed E-state index contributed by atoms with van der Waals surface area (Å²) < 4.78 is 5.93. The zero-order valence-electron chi connectivity index (χ0n) is 22.3. The molecule has 0 spiro atoms. The van der Waals surface area contributed by atoms with Crippen LogP contribution < -0.4 is 9.64 Å². The third kappa shape index (κ3) is 4.07. The molecule has 6 rings (SSSR count). The highest BCUT2D eigenvalue weighted by atomic mass is 16.5. The number of carbonyl (C=O) groups excluding carboxylic acids is 4. The fourth-order valence-electron chi connectivity index (χ4n) is 5.13. The molecule has 0 aromatic heterocycles. The maximum Gasteiger partial charge on any atom is 0.266 e. The largest absolute Gasteiger partial charge is 0.457 e. The number of benzene rings is 4. The van der Waals surface area contributed by atoms with E-state index in [9.17, 15) is 19.2 Å². The average Bonchev–Trinajstić information content (AvgIpc) is 3.36. The second-order valence-corrected chi connectivity index (χ2v) is 10.1.